The van der Waals surface area contributed by atoms with E-state index < -0.39 is 0 Å². The number of fused-ring (bicyclic) bond motifs is 10. The molecule has 3 heterocycles. The highest BCUT2D eigenvalue weighted by Gasteiger charge is 2.36. The van der Waals surface area contributed by atoms with E-state index in [1.54, 1.807) is 0 Å². The van der Waals surface area contributed by atoms with Crippen LogP contribution in [-0.4, -0.2) is 10.7 Å². The third kappa shape index (κ3) is 3.38. The summed E-state index contributed by atoms with van der Waals surface area (Å²) in [5.74, 6) is 1.18. The first-order valence-electron chi connectivity index (χ1n) is 14.9. The fourth-order valence-electron chi connectivity index (χ4n) is 7.34. The molecule has 4 aromatic carbocycles. The van der Waals surface area contributed by atoms with Crippen LogP contribution in [0.4, 0.5) is 0 Å². The number of hydrogen-bond acceptors (Lipinski definition) is 4. The van der Waals surface area contributed by atoms with Gasteiger partial charge in [-0.05, 0) is 60.4 Å². The Morgan fingerprint density at radius 2 is 1.77 bits per heavy atom. The Balaban J connectivity index is 1.25. The first kappa shape index (κ1) is 24.8. The van der Waals surface area contributed by atoms with Crippen molar-refractivity contribution in [2.45, 2.75) is 25.4 Å². The summed E-state index contributed by atoms with van der Waals surface area (Å²) in [7, 11) is 0. The van der Waals surface area contributed by atoms with Gasteiger partial charge in [-0.1, -0.05) is 67.6 Å². The van der Waals surface area contributed by atoms with E-state index in [2.05, 4.69) is 78.3 Å². The van der Waals surface area contributed by atoms with Crippen molar-refractivity contribution in [3.63, 3.8) is 0 Å². The molecule has 0 saturated carbocycles. The number of nitrogens with zero attached hydrogens (tertiary/aromatic N) is 3. The number of hydrogen-bond donors (Lipinski definition) is 0. The summed E-state index contributed by atoms with van der Waals surface area (Å²) in [5.41, 5.74) is 10.2. The Kier molecular flexibility index (Phi) is 5.13. The normalized spacial score (nSPS) is 19.7. The fraction of sp³-hybridized carbons (Fsp3) is 0.128. The van der Waals surface area contributed by atoms with Gasteiger partial charge in [-0.15, -0.1) is 0 Å². The molecule has 2 aliphatic carbocycles. The molecular formula is C39H25N3O2. The van der Waals surface area contributed by atoms with E-state index in [9.17, 15) is 10.5 Å². The number of benzene rings is 4. The number of aromatic nitrogens is 1. The van der Waals surface area contributed by atoms with Crippen LogP contribution < -0.4 is 4.74 Å². The minimum atomic E-state index is -0.134. The van der Waals surface area contributed by atoms with Crippen molar-refractivity contribution in [3.05, 3.63) is 131 Å². The molecule has 0 radical (unpaired) electrons. The van der Waals surface area contributed by atoms with E-state index in [1.165, 1.54) is 0 Å². The van der Waals surface area contributed by atoms with Gasteiger partial charge in [0, 0.05) is 44.5 Å². The molecule has 0 spiro atoms. The second-order valence-electron chi connectivity index (χ2n) is 11.9. The Bertz CT molecular complexity index is 2400. The summed E-state index contributed by atoms with van der Waals surface area (Å²) in [6.07, 6.45) is 11.6. The quantitative estimate of drug-likeness (QED) is 0.209. The smallest absolute Gasteiger partial charge is 0.177 e. The Hall–Kier alpha value is -5.78. The summed E-state index contributed by atoms with van der Waals surface area (Å²) in [6, 6.07) is 29.0. The van der Waals surface area contributed by atoms with E-state index in [-0.39, 0.29) is 12.0 Å². The fourth-order valence-corrected chi connectivity index (χ4v) is 7.34. The number of ether oxygens (including phenoxy) is 1. The van der Waals surface area contributed by atoms with Crippen LogP contribution in [0.25, 0.3) is 50.2 Å². The Morgan fingerprint density at radius 3 is 2.66 bits per heavy atom. The van der Waals surface area contributed by atoms with Crippen LogP contribution in [0, 0.1) is 28.6 Å². The van der Waals surface area contributed by atoms with Gasteiger partial charge in [0.25, 0.3) is 0 Å². The zero-order valence-electron chi connectivity index (χ0n) is 23.9. The maximum atomic E-state index is 10.4. The molecule has 44 heavy (non-hydrogen) atoms. The molecule has 3 unspecified atom stereocenters. The van der Waals surface area contributed by atoms with Crippen molar-refractivity contribution >= 4 is 44.5 Å². The van der Waals surface area contributed by atoms with Gasteiger partial charge >= 0.3 is 0 Å². The topological polar surface area (TPSA) is 74.9 Å². The predicted octanol–water partition coefficient (Wildman–Crippen LogP) is 8.98. The molecule has 208 valence electrons. The van der Waals surface area contributed by atoms with Crippen LogP contribution in [0.2, 0.25) is 0 Å². The van der Waals surface area contributed by atoms with Crippen LogP contribution in [0.3, 0.4) is 0 Å². The van der Waals surface area contributed by atoms with Gasteiger partial charge in [0.1, 0.15) is 17.8 Å². The second kappa shape index (κ2) is 9.11. The van der Waals surface area contributed by atoms with Crippen LogP contribution >= 0.6 is 0 Å². The molecule has 1 aliphatic heterocycles. The highest BCUT2D eigenvalue weighted by Crippen LogP contribution is 2.49. The first-order valence-corrected chi connectivity index (χ1v) is 14.9. The molecule has 9 rings (SSSR count). The van der Waals surface area contributed by atoms with Crippen molar-refractivity contribution in [2.24, 2.45) is 5.92 Å². The van der Waals surface area contributed by atoms with E-state index >= 15 is 0 Å². The summed E-state index contributed by atoms with van der Waals surface area (Å²) in [5, 5.41) is 23.2. The lowest BCUT2D eigenvalue weighted by atomic mass is 9.85. The van der Waals surface area contributed by atoms with Gasteiger partial charge in [0.2, 0.25) is 0 Å². The molecule has 5 nitrogen and oxygen atoms in total. The lowest BCUT2D eigenvalue weighted by Gasteiger charge is -2.23. The summed E-state index contributed by atoms with van der Waals surface area (Å²) in [6.45, 7) is 2.21. The molecule has 3 aliphatic rings. The molecule has 2 aromatic heterocycles. The van der Waals surface area contributed by atoms with Crippen molar-refractivity contribution in [2.75, 3.05) is 0 Å². The minimum Gasteiger partial charge on any atom is -0.481 e. The van der Waals surface area contributed by atoms with Gasteiger partial charge < -0.3 is 13.7 Å². The van der Waals surface area contributed by atoms with Crippen LogP contribution in [0.1, 0.15) is 46.4 Å². The highest BCUT2D eigenvalue weighted by atomic mass is 16.5. The molecule has 5 heteroatoms. The monoisotopic (exact) mass is 567 g/mol. The standard InChI is InChI=1S/C39H25N3O2/c1-22-9-12-27-31-18-23(20-40)10-15-33(31)42(34(27)17-22)37-25(21-41)5-4-7-26(37)24-11-16-36-32(19-24)30-14-13-29-28-6-2-3-8-35(28)43-38(29)39(30)44-36/h2-16,18-19,22,32,36H,17H2,1H3. The zero-order chi connectivity index (χ0) is 29.5. The van der Waals surface area contributed by atoms with Gasteiger partial charge in [0.15, 0.2) is 11.3 Å². The average molecular weight is 568 g/mol. The number of allylic oxidation sites excluding steroid dienone is 3. The molecule has 0 amide bonds. The molecule has 0 fully saturated rings. The number of rotatable bonds is 2. The summed E-state index contributed by atoms with van der Waals surface area (Å²) in [4.78, 5) is 0. The van der Waals surface area contributed by atoms with Gasteiger partial charge in [-0.25, -0.2) is 0 Å². The van der Waals surface area contributed by atoms with Crippen LogP contribution in [0.15, 0.2) is 102 Å². The maximum absolute atomic E-state index is 10.4. The zero-order valence-corrected chi connectivity index (χ0v) is 23.9. The summed E-state index contributed by atoms with van der Waals surface area (Å²) < 4.78 is 15.1. The number of furan rings is 1. The van der Waals surface area contributed by atoms with Gasteiger partial charge in [-0.2, -0.15) is 10.5 Å². The minimum absolute atomic E-state index is 0.0117. The van der Waals surface area contributed by atoms with Gasteiger partial charge in [-0.3, -0.25) is 0 Å². The molecule has 6 aromatic rings. The third-order valence-electron chi connectivity index (χ3n) is 9.36. The lowest BCUT2D eigenvalue weighted by molar-refractivity contribution is 0.269. The van der Waals surface area contributed by atoms with E-state index in [0.29, 0.717) is 17.0 Å². The van der Waals surface area contributed by atoms with Crippen molar-refractivity contribution in [3.8, 4) is 23.6 Å². The Labute approximate surface area is 253 Å². The van der Waals surface area contributed by atoms with Crippen molar-refractivity contribution in [1.82, 2.24) is 4.57 Å². The molecule has 0 N–H and O–H groups in total. The van der Waals surface area contributed by atoms with Crippen molar-refractivity contribution < 1.29 is 9.15 Å². The Morgan fingerprint density at radius 1 is 0.864 bits per heavy atom. The van der Waals surface area contributed by atoms with Crippen LogP contribution in [-0.2, 0) is 6.42 Å². The lowest BCUT2D eigenvalue weighted by Crippen LogP contribution is -2.17. The van der Waals surface area contributed by atoms with E-state index in [0.717, 1.165) is 78.7 Å². The highest BCUT2D eigenvalue weighted by molar-refractivity contribution is 6.07. The van der Waals surface area contributed by atoms with E-state index in [4.69, 9.17) is 9.15 Å². The SMILES string of the molecule is CC1C=Cc2c(n(-c3c(C#N)cccc3C3=CC4c5ccc6c(oc7ccccc76)c5OC4C=C3)c3ccc(C#N)cc23)C1. The average Bonchev–Trinajstić information content (AvgIpc) is 3.72. The van der Waals surface area contributed by atoms with E-state index in [1.807, 2.05) is 48.5 Å². The largest absolute Gasteiger partial charge is 0.481 e. The first-order chi connectivity index (χ1) is 21.6. The molecular weight excluding hydrogens is 542 g/mol. The number of para-hydroxylation sites is 2. The predicted molar refractivity (Wildman–Crippen MR) is 173 cm³/mol. The number of nitriles is 2. The summed E-state index contributed by atoms with van der Waals surface area (Å²) >= 11 is 0. The van der Waals surface area contributed by atoms with Gasteiger partial charge in [0.05, 0.1) is 28.4 Å². The second-order valence-corrected chi connectivity index (χ2v) is 11.9. The molecule has 0 saturated heterocycles. The third-order valence-corrected chi connectivity index (χ3v) is 9.36. The molecule has 0 bridgehead atoms. The molecule has 3 atom stereocenters. The van der Waals surface area contributed by atoms with Crippen molar-refractivity contribution in [1.29, 1.82) is 10.5 Å². The maximum Gasteiger partial charge on any atom is 0.177 e. The van der Waals surface area contributed by atoms with Crippen LogP contribution in [0.5, 0.6) is 5.75 Å².